The molecular weight excluding hydrogens is 153 g/mol. The summed E-state index contributed by atoms with van der Waals surface area (Å²) in [6.45, 7) is 0.885. The third kappa shape index (κ3) is 2.45. The quantitative estimate of drug-likeness (QED) is 0.607. The zero-order chi connectivity index (χ0) is 8.32. The molecule has 11 heavy (non-hydrogen) atoms. The molecule has 0 aliphatic heterocycles. The molecule has 1 fully saturated rings. The molecule has 0 saturated heterocycles. The van der Waals surface area contributed by atoms with Crippen molar-refractivity contribution in [3.05, 3.63) is 0 Å². The Morgan fingerprint density at radius 3 is 2.45 bits per heavy atom. The second-order valence-electron chi connectivity index (χ2n) is 3.95. The minimum absolute atomic E-state index is 0.517. The molecule has 0 aromatic heterocycles. The topological polar surface area (TPSA) is 35.2 Å². The van der Waals surface area contributed by atoms with Crippen molar-refractivity contribution >= 4 is 16.3 Å². The Kier molecular flexibility index (Phi) is 3.39. The van der Waals surface area contributed by atoms with Gasteiger partial charge in [0.2, 0.25) is 16.3 Å². The Balaban J connectivity index is 2.35. The monoisotopic (exact) mass is 171 g/mol. The zero-order valence-corrected chi connectivity index (χ0v) is 9.60. The van der Waals surface area contributed by atoms with Crippen molar-refractivity contribution in [2.24, 2.45) is 5.73 Å². The third-order valence-corrected chi connectivity index (χ3v) is 4.37. The fourth-order valence-electron chi connectivity index (χ4n) is 1.73. The van der Waals surface area contributed by atoms with Gasteiger partial charge in [0.15, 0.2) is 0 Å². The lowest BCUT2D eigenvalue weighted by atomic mass is 9.86. The molecular formula is C8H18AlNO. The zero-order valence-electron chi connectivity index (χ0n) is 7.60. The number of nitrogens with two attached hydrogens (primary N) is 1. The van der Waals surface area contributed by atoms with Crippen LogP contribution in [0.5, 0.6) is 0 Å². The summed E-state index contributed by atoms with van der Waals surface area (Å²) >= 11 is 1.24. The van der Waals surface area contributed by atoms with Crippen molar-refractivity contribution in [3.63, 3.8) is 0 Å². The summed E-state index contributed by atoms with van der Waals surface area (Å²) in [7, 11) is 1.81. The predicted octanol–water partition coefficient (Wildman–Crippen LogP) is 0.326. The molecule has 0 radical (unpaired) electrons. The summed E-state index contributed by atoms with van der Waals surface area (Å²) in [6.07, 6.45) is 5.53. The van der Waals surface area contributed by atoms with Crippen molar-refractivity contribution in [2.45, 2.75) is 36.1 Å². The van der Waals surface area contributed by atoms with Gasteiger partial charge in [-0.25, -0.2) is 0 Å². The van der Waals surface area contributed by atoms with Crippen LogP contribution in [0.15, 0.2) is 0 Å². The van der Waals surface area contributed by atoms with Crippen LogP contribution in [0.1, 0.15) is 25.7 Å². The standard InChI is InChI=1S/C8H16NO.Al.2H/c1-10-8-4-2-7(6-9)3-5-8;;;/h8H,2-6,9H2,1H3;;;. The van der Waals surface area contributed by atoms with E-state index in [0.717, 1.165) is 6.54 Å². The van der Waals surface area contributed by atoms with E-state index in [4.69, 9.17) is 10.5 Å². The summed E-state index contributed by atoms with van der Waals surface area (Å²) in [5.74, 6) is 0. The minimum Gasteiger partial charge on any atom is -0.381 e. The van der Waals surface area contributed by atoms with Gasteiger partial charge >= 0.3 is 0 Å². The third-order valence-electron chi connectivity index (χ3n) is 2.97. The highest BCUT2D eigenvalue weighted by atomic mass is 27.0. The molecule has 1 saturated carbocycles. The van der Waals surface area contributed by atoms with E-state index in [9.17, 15) is 0 Å². The number of ether oxygens (including phenoxy) is 1. The second-order valence-corrected chi connectivity index (χ2v) is 6.07. The highest BCUT2D eigenvalue weighted by Crippen LogP contribution is 2.39. The lowest BCUT2D eigenvalue weighted by Crippen LogP contribution is -2.31. The van der Waals surface area contributed by atoms with Crippen LogP contribution in [-0.2, 0) is 4.74 Å². The van der Waals surface area contributed by atoms with Crippen LogP contribution in [-0.4, -0.2) is 36.0 Å². The molecule has 0 bridgehead atoms. The Bertz CT molecular complexity index is 121. The van der Waals surface area contributed by atoms with E-state index in [0.29, 0.717) is 10.4 Å². The van der Waals surface area contributed by atoms with Gasteiger partial charge in [-0.2, -0.15) is 0 Å². The molecule has 0 heterocycles. The predicted molar refractivity (Wildman–Crippen MR) is 49.6 cm³/mol. The molecule has 0 aromatic rings. The summed E-state index contributed by atoms with van der Waals surface area (Å²) in [6, 6.07) is 0. The first-order chi connectivity index (χ1) is 5.20. The highest BCUT2D eigenvalue weighted by Gasteiger charge is 2.29. The molecule has 1 rings (SSSR count). The van der Waals surface area contributed by atoms with E-state index in [1.807, 2.05) is 7.11 Å². The van der Waals surface area contributed by atoms with Crippen LogP contribution in [0, 0.1) is 0 Å². The van der Waals surface area contributed by atoms with Crippen molar-refractivity contribution in [1.82, 2.24) is 0 Å². The van der Waals surface area contributed by atoms with Gasteiger partial charge in [0, 0.05) is 7.11 Å². The van der Waals surface area contributed by atoms with E-state index in [1.165, 1.54) is 42.0 Å². The van der Waals surface area contributed by atoms with E-state index in [1.54, 1.807) is 0 Å². The van der Waals surface area contributed by atoms with Gasteiger partial charge in [0.1, 0.15) is 0 Å². The van der Waals surface area contributed by atoms with Gasteiger partial charge in [-0.05, 0) is 19.4 Å². The number of methoxy groups -OCH3 is 1. The Morgan fingerprint density at radius 2 is 2.09 bits per heavy atom. The van der Waals surface area contributed by atoms with E-state index in [-0.39, 0.29) is 0 Å². The van der Waals surface area contributed by atoms with Crippen molar-refractivity contribution in [1.29, 1.82) is 0 Å². The molecule has 2 N–H and O–H groups in total. The lowest BCUT2D eigenvalue weighted by molar-refractivity contribution is 0.0609. The fraction of sp³-hybridized carbons (Fsp3) is 1.00. The van der Waals surface area contributed by atoms with Crippen LogP contribution in [0.2, 0.25) is 4.28 Å². The first-order valence-corrected chi connectivity index (χ1v) is 5.43. The molecule has 0 amide bonds. The average molecular weight is 171 g/mol. The molecule has 0 spiro atoms. The minimum atomic E-state index is 0.517. The summed E-state index contributed by atoms with van der Waals surface area (Å²) in [5, 5.41) is 0. The first-order valence-electron chi connectivity index (χ1n) is 4.43. The van der Waals surface area contributed by atoms with Gasteiger partial charge in [-0.1, -0.05) is 17.1 Å². The van der Waals surface area contributed by atoms with Crippen LogP contribution in [0.25, 0.3) is 0 Å². The lowest BCUT2D eigenvalue weighted by Gasteiger charge is -2.36. The van der Waals surface area contributed by atoms with Crippen LogP contribution < -0.4 is 5.73 Å². The molecule has 1 aliphatic rings. The number of rotatable bonds is 2. The first kappa shape index (κ1) is 9.54. The summed E-state index contributed by atoms with van der Waals surface area (Å²) < 4.78 is 5.84. The SMILES string of the molecule is COC1CC[C]([AlH2])(CN)CC1. The maximum Gasteiger partial charge on any atom is 0.223 e. The number of hydrogen-bond acceptors (Lipinski definition) is 2. The molecule has 0 unspecified atom stereocenters. The molecule has 0 aromatic carbocycles. The molecule has 3 heteroatoms. The van der Waals surface area contributed by atoms with Crippen LogP contribution in [0.4, 0.5) is 0 Å². The summed E-state index contributed by atoms with van der Waals surface area (Å²) in [4.78, 5) is 0. The maximum atomic E-state index is 5.72. The normalized spacial score (nSPS) is 38.9. The second kappa shape index (κ2) is 3.91. The molecule has 0 atom stereocenters. The van der Waals surface area contributed by atoms with E-state index in [2.05, 4.69) is 0 Å². The summed E-state index contributed by atoms with van der Waals surface area (Å²) in [5.41, 5.74) is 5.72. The van der Waals surface area contributed by atoms with Gasteiger partial charge in [-0.3, -0.25) is 0 Å². The molecule has 2 nitrogen and oxygen atoms in total. The van der Waals surface area contributed by atoms with Crippen molar-refractivity contribution in [2.75, 3.05) is 13.7 Å². The van der Waals surface area contributed by atoms with E-state index >= 15 is 0 Å². The molecule has 64 valence electrons. The Morgan fingerprint density at radius 1 is 1.55 bits per heavy atom. The Labute approximate surface area is 76.9 Å². The maximum absolute atomic E-state index is 5.72. The van der Waals surface area contributed by atoms with Crippen LogP contribution in [0.3, 0.4) is 0 Å². The highest BCUT2D eigenvalue weighted by molar-refractivity contribution is 6.15. The largest absolute Gasteiger partial charge is 0.381 e. The van der Waals surface area contributed by atoms with Gasteiger partial charge in [0.25, 0.3) is 0 Å². The fourth-order valence-corrected chi connectivity index (χ4v) is 2.31. The smallest absolute Gasteiger partial charge is 0.223 e. The van der Waals surface area contributed by atoms with E-state index < -0.39 is 0 Å². The molecule has 1 aliphatic carbocycles. The average Bonchev–Trinajstić information content (AvgIpc) is 2.06. The van der Waals surface area contributed by atoms with Crippen molar-refractivity contribution < 1.29 is 4.74 Å². The van der Waals surface area contributed by atoms with Crippen LogP contribution >= 0.6 is 0 Å². The Hall–Kier alpha value is 0.452. The number of hydrogen-bond donors (Lipinski definition) is 1. The van der Waals surface area contributed by atoms with Gasteiger partial charge in [0.05, 0.1) is 6.10 Å². The van der Waals surface area contributed by atoms with Gasteiger partial charge < -0.3 is 10.5 Å². The van der Waals surface area contributed by atoms with Gasteiger partial charge in [-0.15, -0.1) is 0 Å². The van der Waals surface area contributed by atoms with Crippen molar-refractivity contribution in [3.8, 4) is 0 Å².